The van der Waals surface area contributed by atoms with Crippen LogP contribution in [0, 0.1) is 13.8 Å². The van der Waals surface area contributed by atoms with Crippen molar-refractivity contribution in [2.24, 2.45) is 0 Å². The van der Waals surface area contributed by atoms with Crippen molar-refractivity contribution in [3.8, 4) is 11.3 Å². The predicted octanol–water partition coefficient (Wildman–Crippen LogP) is 3.04. The summed E-state index contributed by atoms with van der Waals surface area (Å²) in [6.45, 7) is 7.31. The van der Waals surface area contributed by atoms with Crippen LogP contribution in [0.1, 0.15) is 31.7 Å². The highest BCUT2D eigenvalue weighted by atomic mass is 32.2. The zero-order valence-corrected chi connectivity index (χ0v) is 13.5. The number of rotatable bonds is 5. The van der Waals surface area contributed by atoms with Gasteiger partial charge in [0.2, 0.25) is 10.0 Å². The molecular weight excluding hydrogens is 288 g/mol. The Balaban J connectivity index is 2.44. The molecule has 2 rings (SSSR count). The maximum atomic E-state index is 12.5. The molecule has 1 atom stereocenters. The lowest BCUT2D eigenvalue weighted by atomic mass is 10.1. The quantitative estimate of drug-likeness (QED) is 0.921. The first-order chi connectivity index (χ1) is 9.83. The van der Waals surface area contributed by atoms with Crippen molar-refractivity contribution in [2.75, 3.05) is 0 Å². The SMILES string of the molecule is CC[C@H](C)NS(=O)(=O)c1cc(-c2cnc(C)o2)ccc1C. The summed E-state index contributed by atoms with van der Waals surface area (Å²) in [5.41, 5.74) is 1.40. The van der Waals surface area contributed by atoms with Crippen LogP contribution < -0.4 is 4.72 Å². The molecule has 1 aromatic carbocycles. The van der Waals surface area contributed by atoms with Crippen LogP contribution in [0.25, 0.3) is 11.3 Å². The molecule has 0 unspecified atom stereocenters. The van der Waals surface area contributed by atoms with E-state index >= 15 is 0 Å². The lowest BCUT2D eigenvalue weighted by Gasteiger charge is -2.14. The molecule has 0 fully saturated rings. The molecule has 0 spiro atoms. The van der Waals surface area contributed by atoms with Crippen LogP contribution in [0.15, 0.2) is 33.7 Å². The lowest BCUT2D eigenvalue weighted by Crippen LogP contribution is -2.32. The molecule has 2 aromatic rings. The Labute approximate surface area is 125 Å². The summed E-state index contributed by atoms with van der Waals surface area (Å²) in [6.07, 6.45) is 2.33. The first-order valence-corrected chi connectivity index (χ1v) is 8.37. The minimum Gasteiger partial charge on any atom is -0.441 e. The molecule has 5 nitrogen and oxygen atoms in total. The molecular formula is C15H20N2O3S. The third-order valence-corrected chi connectivity index (χ3v) is 5.08. The summed E-state index contributed by atoms with van der Waals surface area (Å²) in [5, 5.41) is 0. The Bertz CT molecular complexity index is 735. The first-order valence-electron chi connectivity index (χ1n) is 6.89. The molecule has 0 aliphatic heterocycles. The summed E-state index contributed by atoms with van der Waals surface area (Å²) in [7, 11) is -3.54. The second kappa shape index (κ2) is 5.99. The van der Waals surface area contributed by atoms with Crippen LogP contribution in [0.4, 0.5) is 0 Å². The van der Waals surface area contributed by atoms with Gasteiger partial charge in [0, 0.05) is 18.5 Å². The van der Waals surface area contributed by atoms with Crippen molar-refractivity contribution in [1.29, 1.82) is 0 Å². The molecule has 0 aliphatic carbocycles. The van der Waals surface area contributed by atoms with Gasteiger partial charge in [0.15, 0.2) is 11.7 Å². The van der Waals surface area contributed by atoms with Gasteiger partial charge in [-0.25, -0.2) is 18.1 Å². The lowest BCUT2D eigenvalue weighted by molar-refractivity contribution is 0.534. The molecule has 1 N–H and O–H groups in total. The van der Waals surface area contributed by atoms with Gasteiger partial charge in [-0.1, -0.05) is 19.1 Å². The van der Waals surface area contributed by atoms with Crippen molar-refractivity contribution >= 4 is 10.0 Å². The van der Waals surface area contributed by atoms with Crippen molar-refractivity contribution in [2.45, 2.75) is 45.1 Å². The van der Waals surface area contributed by atoms with Gasteiger partial charge >= 0.3 is 0 Å². The molecule has 0 bridgehead atoms. The van der Waals surface area contributed by atoms with Crippen molar-refractivity contribution in [3.05, 3.63) is 35.9 Å². The fourth-order valence-electron chi connectivity index (χ4n) is 1.95. The van der Waals surface area contributed by atoms with Gasteiger partial charge in [0.05, 0.1) is 11.1 Å². The van der Waals surface area contributed by atoms with Gasteiger partial charge in [-0.15, -0.1) is 0 Å². The van der Waals surface area contributed by atoms with Gasteiger partial charge in [-0.3, -0.25) is 0 Å². The van der Waals surface area contributed by atoms with Crippen LogP contribution in [0.2, 0.25) is 0 Å². The number of oxazole rings is 1. The van der Waals surface area contributed by atoms with Gasteiger partial charge in [0.1, 0.15) is 0 Å². The van der Waals surface area contributed by atoms with E-state index in [1.807, 2.05) is 19.9 Å². The topological polar surface area (TPSA) is 72.2 Å². The van der Waals surface area contributed by atoms with Crippen molar-refractivity contribution in [1.82, 2.24) is 9.71 Å². The minimum atomic E-state index is -3.54. The van der Waals surface area contributed by atoms with E-state index in [4.69, 9.17) is 4.42 Å². The van der Waals surface area contributed by atoms with E-state index in [0.29, 0.717) is 22.8 Å². The van der Waals surface area contributed by atoms with Crippen LogP contribution in [0.3, 0.4) is 0 Å². The predicted molar refractivity (Wildman–Crippen MR) is 81.5 cm³/mol. The smallest absolute Gasteiger partial charge is 0.241 e. The van der Waals surface area contributed by atoms with Crippen molar-refractivity contribution < 1.29 is 12.8 Å². The van der Waals surface area contributed by atoms with Gasteiger partial charge in [-0.2, -0.15) is 0 Å². The summed E-state index contributed by atoms with van der Waals surface area (Å²) in [6, 6.07) is 5.13. The number of nitrogens with zero attached hydrogens (tertiary/aromatic N) is 1. The van der Waals surface area contributed by atoms with Gasteiger partial charge in [0.25, 0.3) is 0 Å². The Kier molecular flexibility index (Phi) is 4.49. The summed E-state index contributed by atoms with van der Waals surface area (Å²) < 4.78 is 33.0. The van der Waals surface area contributed by atoms with E-state index < -0.39 is 10.0 Å². The van der Waals surface area contributed by atoms with Gasteiger partial charge in [-0.05, 0) is 31.9 Å². The molecule has 0 radical (unpaired) electrons. The zero-order valence-electron chi connectivity index (χ0n) is 12.7. The third kappa shape index (κ3) is 3.51. The second-order valence-electron chi connectivity index (χ2n) is 5.15. The standard InChI is InChI=1S/C15H20N2O3S/c1-5-11(3)17-21(18,19)15-8-13(7-6-10(15)2)14-9-16-12(4)20-14/h6-9,11,17H,5H2,1-4H3/t11-/m0/s1. The largest absolute Gasteiger partial charge is 0.441 e. The van der Waals surface area contributed by atoms with Crippen LogP contribution in [-0.4, -0.2) is 19.4 Å². The normalized spacial score (nSPS) is 13.3. The summed E-state index contributed by atoms with van der Waals surface area (Å²) in [5.74, 6) is 1.11. The van der Waals surface area contributed by atoms with Crippen LogP contribution in [-0.2, 0) is 10.0 Å². The summed E-state index contributed by atoms with van der Waals surface area (Å²) in [4.78, 5) is 4.31. The molecule has 0 amide bonds. The van der Waals surface area contributed by atoms with E-state index in [1.54, 1.807) is 32.2 Å². The Hall–Kier alpha value is -1.66. The number of benzene rings is 1. The number of nitrogens with one attached hydrogen (secondary N) is 1. The third-order valence-electron chi connectivity index (χ3n) is 3.35. The van der Waals surface area contributed by atoms with E-state index in [9.17, 15) is 8.42 Å². The van der Waals surface area contributed by atoms with Crippen LogP contribution in [0.5, 0.6) is 0 Å². The minimum absolute atomic E-state index is 0.106. The molecule has 6 heteroatoms. The number of aryl methyl sites for hydroxylation is 2. The monoisotopic (exact) mass is 308 g/mol. The van der Waals surface area contributed by atoms with Crippen molar-refractivity contribution in [3.63, 3.8) is 0 Å². The number of hydrogen-bond donors (Lipinski definition) is 1. The molecule has 1 aromatic heterocycles. The Morgan fingerprint density at radius 2 is 2.05 bits per heavy atom. The van der Waals surface area contributed by atoms with E-state index in [0.717, 1.165) is 6.42 Å². The highest BCUT2D eigenvalue weighted by molar-refractivity contribution is 7.89. The number of aromatic nitrogens is 1. The Morgan fingerprint density at radius 1 is 1.33 bits per heavy atom. The van der Waals surface area contributed by atoms with Gasteiger partial charge < -0.3 is 4.42 Å². The molecule has 0 aliphatic rings. The Morgan fingerprint density at radius 3 is 2.62 bits per heavy atom. The fourth-order valence-corrected chi connectivity index (χ4v) is 3.55. The maximum Gasteiger partial charge on any atom is 0.241 e. The average Bonchev–Trinajstić information content (AvgIpc) is 2.85. The maximum absolute atomic E-state index is 12.5. The zero-order chi connectivity index (χ0) is 15.6. The molecule has 0 saturated carbocycles. The fraction of sp³-hybridized carbons (Fsp3) is 0.400. The number of sulfonamides is 1. The molecule has 1 heterocycles. The number of hydrogen-bond acceptors (Lipinski definition) is 4. The first kappa shape index (κ1) is 15.7. The highest BCUT2D eigenvalue weighted by Gasteiger charge is 2.20. The van der Waals surface area contributed by atoms with Crippen LogP contribution >= 0.6 is 0 Å². The van der Waals surface area contributed by atoms with E-state index in [-0.39, 0.29) is 10.9 Å². The second-order valence-corrected chi connectivity index (χ2v) is 6.84. The highest BCUT2D eigenvalue weighted by Crippen LogP contribution is 2.25. The molecule has 0 saturated heterocycles. The summed E-state index contributed by atoms with van der Waals surface area (Å²) >= 11 is 0. The average molecular weight is 308 g/mol. The van der Waals surface area contributed by atoms with E-state index in [2.05, 4.69) is 9.71 Å². The molecule has 114 valence electrons. The molecule has 21 heavy (non-hydrogen) atoms. The van der Waals surface area contributed by atoms with E-state index in [1.165, 1.54) is 0 Å².